The van der Waals surface area contributed by atoms with Gasteiger partial charge >= 0.3 is 6.09 Å². The minimum Gasteiger partial charge on any atom is -0.445 e. The summed E-state index contributed by atoms with van der Waals surface area (Å²) in [6.07, 6.45) is 3.05. The van der Waals surface area contributed by atoms with E-state index < -0.39 is 37.5 Å². The van der Waals surface area contributed by atoms with Gasteiger partial charge < -0.3 is 20.3 Å². The van der Waals surface area contributed by atoms with Crippen molar-refractivity contribution in [2.24, 2.45) is 0 Å². The first-order valence-electron chi connectivity index (χ1n) is 14.8. The molecule has 14 heteroatoms. The molecule has 2 aromatic rings. The molecule has 0 saturated carbocycles. The van der Waals surface area contributed by atoms with Gasteiger partial charge in [0, 0.05) is 32.4 Å². The van der Waals surface area contributed by atoms with Gasteiger partial charge in [0.05, 0.1) is 9.79 Å². The highest BCUT2D eigenvalue weighted by Crippen LogP contribution is 2.35. The Hall–Kier alpha value is -3.49. The molecule has 240 valence electrons. The smallest absolute Gasteiger partial charge is 0.407 e. The molecule has 0 unspecified atom stereocenters. The lowest BCUT2D eigenvalue weighted by Gasteiger charge is -2.51. The van der Waals surface area contributed by atoms with Gasteiger partial charge in [0.2, 0.25) is 21.8 Å². The van der Waals surface area contributed by atoms with Crippen LogP contribution in [0.2, 0.25) is 0 Å². The summed E-state index contributed by atoms with van der Waals surface area (Å²) in [4.78, 5) is 40.7. The number of carbonyl (C=O) groups is 3. The van der Waals surface area contributed by atoms with Crippen LogP contribution >= 0.6 is 0 Å². The number of sulfonamides is 1. The molecule has 1 atom stereocenters. The molecular weight excluding hydrogens is 608 g/mol. The predicted octanol–water partition coefficient (Wildman–Crippen LogP) is 2.45. The fraction of sp³-hybridized carbons (Fsp3) is 0.500. The number of unbranched alkanes of at least 4 members (excludes halogenated alkanes) is 1. The van der Waals surface area contributed by atoms with Crippen molar-refractivity contribution < 1.29 is 36.0 Å². The van der Waals surface area contributed by atoms with Crippen molar-refractivity contribution in [3.05, 3.63) is 60.2 Å². The number of hydrogen-bond acceptors (Lipinski definition) is 8. The number of carbonyl (C=O) groups excluding carboxylic acids is 3. The molecule has 3 amide bonds. The second-order valence-corrected chi connectivity index (χ2v) is 15.1. The van der Waals surface area contributed by atoms with E-state index in [1.165, 1.54) is 28.6 Å². The first-order chi connectivity index (χ1) is 20.9. The van der Waals surface area contributed by atoms with Crippen LogP contribution in [0.15, 0.2) is 64.4 Å². The molecule has 1 spiro atoms. The quantitative estimate of drug-likeness (QED) is 0.332. The van der Waals surface area contributed by atoms with Gasteiger partial charge in [-0.15, -0.1) is 0 Å². The Kier molecular flexibility index (Phi) is 10.7. The van der Waals surface area contributed by atoms with Crippen LogP contribution in [0.25, 0.3) is 0 Å². The Morgan fingerprint density at radius 1 is 0.977 bits per heavy atom. The van der Waals surface area contributed by atoms with E-state index in [1.807, 2.05) is 37.3 Å². The number of piperidine rings is 1. The molecule has 2 aliphatic rings. The number of ether oxygens (including phenoxy) is 1. The van der Waals surface area contributed by atoms with E-state index in [9.17, 15) is 31.2 Å². The number of alkyl carbamates (subject to hydrolysis) is 1. The second-order valence-electron chi connectivity index (χ2n) is 11.2. The average molecular weight is 649 g/mol. The van der Waals surface area contributed by atoms with Gasteiger partial charge in [-0.1, -0.05) is 37.3 Å². The van der Waals surface area contributed by atoms with Crippen molar-refractivity contribution in [2.45, 2.75) is 73.4 Å². The maximum Gasteiger partial charge on any atom is 0.407 e. The largest absolute Gasteiger partial charge is 0.445 e. The van der Waals surface area contributed by atoms with Crippen molar-refractivity contribution in [3.63, 3.8) is 0 Å². The van der Waals surface area contributed by atoms with E-state index >= 15 is 0 Å². The molecule has 44 heavy (non-hydrogen) atoms. The zero-order valence-corrected chi connectivity index (χ0v) is 26.7. The van der Waals surface area contributed by atoms with Crippen LogP contribution in [0.4, 0.5) is 4.79 Å². The average Bonchev–Trinajstić information content (AvgIpc) is 3.01. The molecule has 2 aliphatic heterocycles. The predicted molar refractivity (Wildman–Crippen MR) is 163 cm³/mol. The molecule has 2 saturated heterocycles. The van der Waals surface area contributed by atoms with E-state index in [2.05, 4.69) is 10.6 Å². The standard InChI is InChI=1S/C30H40N4O8S2/c1-3-19-34-27(35)26(11-7-8-18-31-29(37)42-22-23-9-5-4-6-10-23)32-28(36)30(34)16-20-33(21-17-30)44(40,41)25-14-12-24(13-15-25)43(2,38)39/h4-6,9-10,12-15,26H,3,7-8,11,16-22H2,1-2H3,(H,31,37)(H,32,36)/t26-/m0/s1. The lowest BCUT2D eigenvalue weighted by Crippen LogP contribution is -2.73. The summed E-state index contributed by atoms with van der Waals surface area (Å²) in [7, 11) is -7.40. The van der Waals surface area contributed by atoms with Crippen LogP contribution < -0.4 is 10.6 Å². The molecule has 2 aromatic carbocycles. The normalized spacial score (nSPS) is 19.0. The Morgan fingerprint density at radius 3 is 2.23 bits per heavy atom. The van der Waals surface area contributed by atoms with Crippen molar-refractivity contribution in [1.29, 1.82) is 0 Å². The summed E-state index contributed by atoms with van der Waals surface area (Å²) in [5.74, 6) is -0.470. The maximum absolute atomic E-state index is 13.6. The SMILES string of the molecule is CCCN1C(=O)[C@H](CCCCNC(=O)OCc2ccccc2)NC(=O)C12CCN(S(=O)(=O)c1ccc(S(C)(=O)=O)cc1)CC2. The van der Waals surface area contributed by atoms with Crippen molar-refractivity contribution in [1.82, 2.24) is 19.8 Å². The maximum atomic E-state index is 13.6. The van der Waals surface area contributed by atoms with Gasteiger partial charge in [0.25, 0.3) is 0 Å². The highest BCUT2D eigenvalue weighted by Gasteiger charge is 2.54. The van der Waals surface area contributed by atoms with Crippen LogP contribution in [-0.2, 0) is 40.8 Å². The summed E-state index contributed by atoms with van der Waals surface area (Å²) in [6, 6.07) is 13.7. The number of nitrogens with zero attached hydrogens (tertiary/aromatic N) is 2. The Labute approximate surface area is 259 Å². The van der Waals surface area contributed by atoms with Gasteiger partial charge in [0.15, 0.2) is 9.84 Å². The molecule has 2 N–H and O–H groups in total. The molecule has 2 heterocycles. The van der Waals surface area contributed by atoms with E-state index in [1.54, 1.807) is 4.90 Å². The number of benzene rings is 2. The van der Waals surface area contributed by atoms with Crippen LogP contribution in [0.3, 0.4) is 0 Å². The van der Waals surface area contributed by atoms with E-state index in [0.29, 0.717) is 38.8 Å². The number of hydrogen-bond donors (Lipinski definition) is 2. The molecule has 4 rings (SSSR count). The third-order valence-corrected chi connectivity index (χ3v) is 11.1. The number of nitrogens with one attached hydrogen (secondary N) is 2. The van der Waals surface area contributed by atoms with Crippen molar-refractivity contribution >= 4 is 37.8 Å². The van der Waals surface area contributed by atoms with Crippen LogP contribution in [0.5, 0.6) is 0 Å². The molecule has 0 radical (unpaired) electrons. The van der Waals surface area contributed by atoms with Crippen molar-refractivity contribution in [3.8, 4) is 0 Å². The zero-order valence-electron chi connectivity index (χ0n) is 25.0. The first kappa shape index (κ1) is 33.4. The van der Waals surface area contributed by atoms with Gasteiger partial charge in [0.1, 0.15) is 18.2 Å². The number of sulfone groups is 1. The molecule has 0 aliphatic carbocycles. The monoisotopic (exact) mass is 648 g/mol. The molecule has 0 bridgehead atoms. The highest BCUT2D eigenvalue weighted by molar-refractivity contribution is 7.90. The van der Waals surface area contributed by atoms with E-state index in [0.717, 1.165) is 11.8 Å². The van der Waals surface area contributed by atoms with Crippen LogP contribution in [0.1, 0.15) is 51.0 Å². The minimum absolute atomic E-state index is 0.0220. The van der Waals surface area contributed by atoms with E-state index in [4.69, 9.17) is 4.74 Å². The zero-order chi connectivity index (χ0) is 32.0. The Bertz CT molecular complexity index is 1540. The lowest BCUT2D eigenvalue weighted by molar-refractivity contribution is -0.160. The summed E-state index contributed by atoms with van der Waals surface area (Å²) < 4.78 is 56.6. The fourth-order valence-corrected chi connectivity index (χ4v) is 7.73. The molecule has 2 fully saturated rings. The fourth-order valence-electron chi connectivity index (χ4n) is 5.66. The number of rotatable bonds is 12. The molecule has 12 nitrogen and oxygen atoms in total. The highest BCUT2D eigenvalue weighted by atomic mass is 32.2. The second kappa shape index (κ2) is 14.1. The first-order valence-corrected chi connectivity index (χ1v) is 18.1. The summed E-state index contributed by atoms with van der Waals surface area (Å²) >= 11 is 0. The minimum atomic E-state index is -3.93. The third-order valence-electron chi connectivity index (χ3n) is 8.10. The van der Waals surface area contributed by atoms with Gasteiger partial charge in [-0.25, -0.2) is 21.6 Å². The number of piperazine rings is 1. The summed E-state index contributed by atoms with van der Waals surface area (Å²) in [5, 5.41) is 5.59. The van der Waals surface area contributed by atoms with Crippen LogP contribution in [-0.4, -0.2) is 88.0 Å². The van der Waals surface area contributed by atoms with Gasteiger partial charge in [-0.05, 0) is 68.4 Å². The van der Waals surface area contributed by atoms with Crippen molar-refractivity contribution in [2.75, 3.05) is 32.4 Å². The third kappa shape index (κ3) is 7.59. The molecule has 0 aromatic heterocycles. The Balaban J connectivity index is 1.30. The summed E-state index contributed by atoms with van der Waals surface area (Å²) in [5.41, 5.74) is -0.253. The summed E-state index contributed by atoms with van der Waals surface area (Å²) in [6.45, 7) is 2.91. The van der Waals surface area contributed by atoms with Gasteiger partial charge in [-0.3, -0.25) is 9.59 Å². The van der Waals surface area contributed by atoms with Crippen LogP contribution in [0, 0.1) is 0 Å². The van der Waals surface area contributed by atoms with Gasteiger partial charge in [-0.2, -0.15) is 4.31 Å². The molecular formula is C30H40N4O8S2. The van der Waals surface area contributed by atoms with E-state index in [-0.39, 0.29) is 54.1 Å². The lowest BCUT2D eigenvalue weighted by atomic mass is 9.81. The topological polar surface area (TPSA) is 159 Å². The Morgan fingerprint density at radius 2 is 1.61 bits per heavy atom. The number of amides is 3.